The van der Waals surface area contributed by atoms with Gasteiger partial charge in [0.05, 0.1) is 23.7 Å². The summed E-state index contributed by atoms with van der Waals surface area (Å²) in [5.74, 6) is 0.464. The highest BCUT2D eigenvalue weighted by atomic mass is 19.1. The van der Waals surface area contributed by atoms with Crippen molar-refractivity contribution in [1.82, 2.24) is 14.9 Å². The highest BCUT2D eigenvalue weighted by Crippen LogP contribution is 2.59. The Balaban J connectivity index is 1.35. The number of carbonyl (C=O) groups is 1. The van der Waals surface area contributed by atoms with E-state index in [-0.39, 0.29) is 40.5 Å². The standard InChI is InChI=1S/C29H30F2N4O3/c30-19-3-5-24(23(31)10-19)35-14-22(28(38)33-29-11-16-8-17(12-29)18(9-16)13-29)26(37)21-4-6-25(32-27(21)35)34-7-1-2-20(34)15-36/h3-6,10,14,16-18,20,36H,1-2,7-9,11-13,15H2,(H,33,38)/t16?,17?,18?,20-,29?/m1/s1. The Hall–Kier alpha value is -3.33. The molecule has 0 spiro atoms. The Morgan fingerprint density at radius 1 is 1.13 bits per heavy atom. The first-order valence-corrected chi connectivity index (χ1v) is 13.6. The number of pyridine rings is 2. The molecule has 3 heterocycles. The van der Waals surface area contributed by atoms with Gasteiger partial charge in [-0.2, -0.15) is 0 Å². The minimum atomic E-state index is -0.826. The predicted octanol–water partition coefficient (Wildman–Crippen LogP) is 3.93. The number of anilines is 1. The third-order valence-electron chi connectivity index (χ3n) is 9.43. The maximum Gasteiger partial charge on any atom is 0.257 e. The largest absolute Gasteiger partial charge is 0.394 e. The van der Waals surface area contributed by atoms with Gasteiger partial charge in [-0.15, -0.1) is 0 Å². The van der Waals surface area contributed by atoms with Crippen molar-refractivity contribution >= 4 is 22.8 Å². The first-order chi connectivity index (χ1) is 18.3. The molecule has 38 heavy (non-hydrogen) atoms. The van der Waals surface area contributed by atoms with E-state index in [0.717, 1.165) is 44.2 Å². The molecule has 2 unspecified atom stereocenters. The van der Waals surface area contributed by atoms with Gasteiger partial charge < -0.3 is 15.3 Å². The maximum atomic E-state index is 15.0. The van der Waals surface area contributed by atoms with Crippen molar-refractivity contribution in [2.45, 2.75) is 56.5 Å². The molecule has 7 nitrogen and oxygen atoms in total. The minimum Gasteiger partial charge on any atom is -0.394 e. The molecular formula is C29H30F2N4O3. The van der Waals surface area contributed by atoms with Crippen molar-refractivity contribution in [1.29, 1.82) is 0 Å². The Morgan fingerprint density at radius 3 is 2.63 bits per heavy atom. The number of carbonyl (C=O) groups excluding carboxylic acids is 1. The number of fused-ring (bicyclic) bond motifs is 1. The number of aromatic nitrogens is 2. The molecule has 0 radical (unpaired) electrons. The smallest absolute Gasteiger partial charge is 0.257 e. The molecule has 2 N–H and O–H groups in total. The Morgan fingerprint density at radius 2 is 1.92 bits per heavy atom. The van der Waals surface area contributed by atoms with Crippen LogP contribution in [0.1, 0.15) is 55.3 Å². The second-order valence-corrected chi connectivity index (χ2v) is 11.8. The third kappa shape index (κ3) is 3.66. The molecule has 8 rings (SSSR count). The number of hydrogen-bond donors (Lipinski definition) is 2. The first-order valence-electron chi connectivity index (χ1n) is 13.6. The van der Waals surface area contributed by atoms with Crippen molar-refractivity contribution in [2.24, 2.45) is 17.8 Å². The molecule has 9 heteroatoms. The van der Waals surface area contributed by atoms with E-state index in [0.29, 0.717) is 30.1 Å². The fraction of sp³-hybridized carbons (Fsp3) is 0.483. The number of halogens is 2. The number of aliphatic hydroxyl groups is 1. The molecular weight excluding hydrogens is 490 g/mol. The summed E-state index contributed by atoms with van der Waals surface area (Å²) >= 11 is 0. The summed E-state index contributed by atoms with van der Waals surface area (Å²) in [4.78, 5) is 34.0. The summed E-state index contributed by atoms with van der Waals surface area (Å²) in [5, 5.41) is 13.2. The number of hydrogen-bond acceptors (Lipinski definition) is 5. The first kappa shape index (κ1) is 23.8. The van der Waals surface area contributed by atoms with Crippen LogP contribution < -0.4 is 15.6 Å². The number of benzene rings is 1. The van der Waals surface area contributed by atoms with Crippen LogP contribution in [-0.2, 0) is 0 Å². The number of nitrogens with one attached hydrogen (secondary N) is 1. The lowest BCUT2D eigenvalue weighted by Gasteiger charge is -2.39. The molecule has 1 aliphatic heterocycles. The Labute approximate surface area is 218 Å². The molecule has 4 saturated carbocycles. The summed E-state index contributed by atoms with van der Waals surface area (Å²) in [6.45, 7) is 0.674. The molecule has 1 amide bonds. The summed E-state index contributed by atoms with van der Waals surface area (Å²) in [6.07, 6.45) is 8.35. The average Bonchev–Trinajstić information content (AvgIpc) is 3.54. The summed E-state index contributed by atoms with van der Waals surface area (Å²) in [7, 11) is 0. The van der Waals surface area contributed by atoms with E-state index in [1.54, 1.807) is 12.1 Å². The van der Waals surface area contributed by atoms with Crippen LogP contribution in [0.25, 0.3) is 16.7 Å². The highest BCUT2D eigenvalue weighted by Gasteiger charge is 2.56. The number of rotatable bonds is 5. The van der Waals surface area contributed by atoms with E-state index in [1.165, 1.54) is 29.7 Å². The van der Waals surface area contributed by atoms with E-state index < -0.39 is 23.0 Å². The fourth-order valence-electron chi connectivity index (χ4n) is 7.97. The maximum absolute atomic E-state index is 15.0. The van der Waals surface area contributed by atoms with Crippen molar-refractivity contribution in [3.63, 3.8) is 0 Å². The molecule has 3 aromatic rings. The van der Waals surface area contributed by atoms with Crippen LogP contribution in [0.3, 0.4) is 0 Å². The molecule has 1 aromatic carbocycles. The zero-order chi connectivity index (χ0) is 26.2. The van der Waals surface area contributed by atoms with E-state index in [4.69, 9.17) is 4.98 Å². The van der Waals surface area contributed by atoms with Crippen molar-refractivity contribution < 1.29 is 18.7 Å². The highest BCUT2D eigenvalue weighted by molar-refractivity contribution is 5.98. The number of nitrogens with zero attached hydrogens (tertiary/aromatic N) is 3. The van der Waals surface area contributed by atoms with Crippen LogP contribution in [0.15, 0.2) is 41.3 Å². The Kier molecular flexibility index (Phi) is 5.37. The zero-order valence-corrected chi connectivity index (χ0v) is 21.0. The van der Waals surface area contributed by atoms with Crippen LogP contribution >= 0.6 is 0 Å². The van der Waals surface area contributed by atoms with E-state index in [9.17, 15) is 19.1 Å². The van der Waals surface area contributed by atoms with Crippen molar-refractivity contribution in [2.75, 3.05) is 18.1 Å². The summed E-state index contributed by atoms with van der Waals surface area (Å²) in [5.41, 5.74) is -0.660. The number of aliphatic hydroxyl groups excluding tert-OH is 1. The van der Waals surface area contributed by atoms with Gasteiger partial charge in [0, 0.05) is 24.3 Å². The lowest BCUT2D eigenvalue weighted by atomic mass is 9.75. The Bertz CT molecular complexity index is 1500. The second kappa shape index (κ2) is 8.59. The van der Waals surface area contributed by atoms with E-state index >= 15 is 4.39 Å². The molecule has 2 aromatic heterocycles. The van der Waals surface area contributed by atoms with E-state index in [1.807, 2.05) is 4.90 Å². The van der Waals surface area contributed by atoms with Crippen LogP contribution in [0.5, 0.6) is 0 Å². The lowest BCUT2D eigenvalue weighted by molar-refractivity contribution is 0.0844. The minimum absolute atomic E-state index is 0.00626. The molecule has 3 atom stereocenters. The quantitative estimate of drug-likeness (QED) is 0.532. The molecule has 4 aliphatic carbocycles. The monoisotopic (exact) mass is 520 g/mol. The van der Waals surface area contributed by atoms with Crippen LogP contribution in [0, 0.1) is 29.4 Å². The van der Waals surface area contributed by atoms with Gasteiger partial charge in [-0.1, -0.05) is 0 Å². The normalized spacial score (nSPS) is 29.5. The summed E-state index contributed by atoms with van der Waals surface area (Å²) < 4.78 is 30.2. The molecule has 198 valence electrons. The van der Waals surface area contributed by atoms with Crippen LogP contribution in [0.4, 0.5) is 14.6 Å². The SMILES string of the molecule is O=C(NC12CC3CC(C1)C(C3)C2)c1cn(-c2ccc(F)cc2F)c2nc(N3CCC[C@@H]3CO)ccc2c1=O. The van der Waals surface area contributed by atoms with Gasteiger partial charge in [-0.3, -0.25) is 14.2 Å². The molecule has 5 fully saturated rings. The lowest BCUT2D eigenvalue weighted by Crippen LogP contribution is -2.51. The topological polar surface area (TPSA) is 87.5 Å². The van der Waals surface area contributed by atoms with Crippen LogP contribution in [-0.4, -0.2) is 45.3 Å². The van der Waals surface area contributed by atoms with Gasteiger partial charge in [0.1, 0.15) is 23.0 Å². The van der Waals surface area contributed by atoms with Gasteiger partial charge in [0.2, 0.25) is 5.43 Å². The van der Waals surface area contributed by atoms with Gasteiger partial charge >= 0.3 is 0 Å². The van der Waals surface area contributed by atoms with Gasteiger partial charge in [-0.25, -0.2) is 13.8 Å². The van der Waals surface area contributed by atoms with Gasteiger partial charge in [0.25, 0.3) is 5.91 Å². The number of amides is 1. The molecule has 1 saturated heterocycles. The average molecular weight is 521 g/mol. The molecule has 4 bridgehead atoms. The van der Waals surface area contributed by atoms with Crippen LogP contribution in [0.2, 0.25) is 0 Å². The van der Waals surface area contributed by atoms with E-state index in [2.05, 4.69) is 5.32 Å². The predicted molar refractivity (Wildman–Crippen MR) is 138 cm³/mol. The third-order valence-corrected chi connectivity index (χ3v) is 9.43. The van der Waals surface area contributed by atoms with Crippen molar-refractivity contribution in [3.05, 3.63) is 63.9 Å². The van der Waals surface area contributed by atoms with Gasteiger partial charge in [0.15, 0.2) is 5.65 Å². The van der Waals surface area contributed by atoms with Crippen molar-refractivity contribution in [3.8, 4) is 5.69 Å². The summed E-state index contributed by atoms with van der Waals surface area (Å²) in [6, 6.07) is 6.42. The zero-order valence-electron chi connectivity index (χ0n) is 21.0. The van der Waals surface area contributed by atoms with Gasteiger partial charge in [-0.05, 0) is 87.0 Å². The molecule has 5 aliphatic rings. The fourth-order valence-corrected chi connectivity index (χ4v) is 7.97. The second-order valence-electron chi connectivity index (χ2n) is 11.8.